The Bertz CT molecular complexity index is 2580. The molecule has 6 aromatic carbocycles. The van der Waals surface area contributed by atoms with Gasteiger partial charge in [0.1, 0.15) is 0 Å². The number of likely N-dealkylation sites (tertiary alicyclic amines) is 1. The van der Waals surface area contributed by atoms with Gasteiger partial charge in [-0.25, -0.2) is 16.8 Å². The van der Waals surface area contributed by atoms with E-state index in [4.69, 9.17) is 0 Å². The number of hydrogen-bond acceptors (Lipinski definition) is 6. The molecule has 2 saturated heterocycles. The molecule has 6 aromatic rings. The number of nitrogens with zero attached hydrogens (tertiary/aromatic N) is 3. The first kappa shape index (κ1) is 43.7. The monoisotopic (exact) mass is 920 g/mol. The highest BCUT2D eigenvalue weighted by Gasteiger charge is 2.44. The molecule has 11 heteroatoms. The quantitative estimate of drug-likeness (QED) is 0.130. The van der Waals surface area contributed by atoms with Crippen molar-refractivity contribution in [3.8, 4) is 0 Å². The summed E-state index contributed by atoms with van der Waals surface area (Å²) in [6.45, 7) is 4.62. The zero-order valence-corrected chi connectivity index (χ0v) is 38.0. The molecule has 0 aromatic heterocycles. The first-order valence-corrected chi connectivity index (χ1v) is 25.8. The van der Waals surface area contributed by atoms with Crippen LogP contribution in [0.5, 0.6) is 0 Å². The summed E-state index contributed by atoms with van der Waals surface area (Å²) in [5.41, 5.74) is 2.65. The van der Waals surface area contributed by atoms with Crippen LogP contribution in [-0.4, -0.2) is 80.7 Å². The molecular weight excluding hydrogens is 865 g/mol. The highest BCUT2D eigenvalue weighted by Crippen LogP contribution is 2.38. The third-order valence-electron chi connectivity index (χ3n) is 12.2. The van der Waals surface area contributed by atoms with E-state index in [1.54, 1.807) is 40.7 Å². The molecule has 0 atom stereocenters. The van der Waals surface area contributed by atoms with Crippen molar-refractivity contribution in [3.05, 3.63) is 157 Å². The van der Waals surface area contributed by atoms with Gasteiger partial charge in [-0.2, -0.15) is 8.61 Å². The van der Waals surface area contributed by atoms with Crippen molar-refractivity contribution >= 4 is 57.5 Å². The van der Waals surface area contributed by atoms with Gasteiger partial charge in [-0.15, -0.1) is 0 Å². The van der Waals surface area contributed by atoms with E-state index in [1.165, 1.54) is 32.7 Å². The zero-order valence-electron chi connectivity index (χ0n) is 34.7. The molecule has 2 saturated carbocycles. The molecular formula is C50H57BrN4O4S2. The van der Waals surface area contributed by atoms with Crippen LogP contribution in [-0.2, 0) is 31.9 Å². The minimum atomic E-state index is -3.42. The first-order valence-electron chi connectivity index (χ1n) is 21.8. The Balaban J connectivity index is 0.000000141. The number of benzene rings is 6. The Kier molecular flexibility index (Phi) is 14.4. The van der Waals surface area contributed by atoms with Gasteiger partial charge < -0.3 is 5.32 Å². The van der Waals surface area contributed by atoms with Crippen LogP contribution < -0.4 is 5.32 Å². The number of piperidine rings is 2. The fourth-order valence-electron chi connectivity index (χ4n) is 8.78. The molecule has 0 spiro atoms. The molecule has 0 radical (unpaired) electrons. The molecule has 61 heavy (non-hydrogen) atoms. The van der Waals surface area contributed by atoms with Gasteiger partial charge in [0.25, 0.3) is 0 Å². The summed E-state index contributed by atoms with van der Waals surface area (Å²) in [7, 11) is -6.76. The standard InChI is InChI=1S/C25H28N2O2S.C14H20N2O2S.C11H9Br/c28-30(29,25-8-2-1-3-9-25)27(23-12-13-23)24-14-16-26(17-15-24)19-20-10-11-21-6-4-5-7-22(21)18-20;17-19(18,14-4-2-1-3-5-14)16(12-6-7-12)13-8-10-15-11-9-13;12-8-9-5-6-10-3-1-2-4-11(10)7-9/h1-11,18,23-24H,12-17,19H2;1-5,12-13,15H,6-11H2;1-7H,8H2. The van der Waals surface area contributed by atoms with Crippen LogP contribution in [0.2, 0.25) is 0 Å². The summed E-state index contributed by atoms with van der Waals surface area (Å²) in [6.07, 6.45) is 7.64. The maximum Gasteiger partial charge on any atom is 0.243 e. The summed E-state index contributed by atoms with van der Waals surface area (Å²) in [5.74, 6) is 0. The first-order chi connectivity index (χ1) is 29.7. The fraction of sp³-hybridized carbons (Fsp3) is 0.360. The fourth-order valence-corrected chi connectivity index (χ4v) is 13.0. The predicted molar refractivity (Wildman–Crippen MR) is 252 cm³/mol. The Morgan fingerprint density at radius 2 is 0.869 bits per heavy atom. The van der Waals surface area contributed by atoms with E-state index in [2.05, 4.69) is 111 Å². The van der Waals surface area contributed by atoms with Gasteiger partial charge >= 0.3 is 0 Å². The smallest absolute Gasteiger partial charge is 0.243 e. The molecule has 1 N–H and O–H groups in total. The van der Waals surface area contributed by atoms with E-state index in [0.717, 1.165) is 89.4 Å². The van der Waals surface area contributed by atoms with Gasteiger partial charge in [-0.05, 0) is 127 Å². The second kappa shape index (κ2) is 20.1. The van der Waals surface area contributed by atoms with E-state index in [9.17, 15) is 16.8 Å². The van der Waals surface area contributed by atoms with Gasteiger partial charge in [0.05, 0.1) is 9.79 Å². The average molecular weight is 922 g/mol. The highest BCUT2D eigenvalue weighted by molar-refractivity contribution is 9.08. The minimum Gasteiger partial charge on any atom is -0.317 e. The van der Waals surface area contributed by atoms with Gasteiger partial charge in [0.15, 0.2) is 0 Å². The third kappa shape index (κ3) is 11.0. The number of halogens is 1. The zero-order chi connectivity index (χ0) is 42.2. The lowest BCUT2D eigenvalue weighted by atomic mass is 10.0. The van der Waals surface area contributed by atoms with E-state index >= 15 is 0 Å². The van der Waals surface area contributed by atoms with Crippen LogP contribution in [0.3, 0.4) is 0 Å². The predicted octanol–water partition coefficient (Wildman–Crippen LogP) is 9.98. The number of hydrogen-bond donors (Lipinski definition) is 1. The number of nitrogens with one attached hydrogen (secondary N) is 1. The molecule has 2 aliphatic carbocycles. The van der Waals surface area contributed by atoms with Crippen molar-refractivity contribution in [2.45, 2.75) is 97.2 Å². The molecule has 2 heterocycles. The third-order valence-corrected chi connectivity index (χ3v) is 16.9. The van der Waals surface area contributed by atoms with Crippen molar-refractivity contribution in [3.63, 3.8) is 0 Å². The van der Waals surface area contributed by atoms with Gasteiger partial charge in [0, 0.05) is 49.1 Å². The maximum absolute atomic E-state index is 13.3. The van der Waals surface area contributed by atoms with Crippen LogP contribution in [0.4, 0.5) is 0 Å². The number of rotatable bonds is 11. The molecule has 0 amide bonds. The lowest BCUT2D eigenvalue weighted by Gasteiger charge is -2.38. The van der Waals surface area contributed by atoms with Crippen LogP contribution >= 0.6 is 15.9 Å². The molecule has 10 rings (SSSR count). The van der Waals surface area contributed by atoms with E-state index in [1.807, 2.05) is 28.6 Å². The Labute approximate surface area is 371 Å². The second-order valence-electron chi connectivity index (χ2n) is 16.7. The topological polar surface area (TPSA) is 90.0 Å². The Morgan fingerprint density at radius 1 is 0.475 bits per heavy atom. The molecule has 320 valence electrons. The summed E-state index contributed by atoms with van der Waals surface area (Å²) >= 11 is 3.44. The number of fused-ring (bicyclic) bond motifs is 2. The average Bonchev–Trinajstić information content (AvgIpc) is 4.26. The molecule has 4 aliphatic rings. The van der Waals surface area contributed by atoms with E-state index < -0.39 is 20.0 Å². The van der Waals surface area contributed by atoms with E-state index in [0.29, 0.717) is 9.79 Å². The summed E-state index contributed by atoms with van der Waals surface area (Å²) in [5, 5.41) is 9.40. The Hall–Kier alpha value is -3.94. The molecule has 2 aliphatic heterocycles. The van der Waals surface area contributed by atoms with Gasteiger partial charge in [-0.1, -0.05) is 131 Å². The van der Waals surface area contributed by atoms with Crippen molar-refractivity contribution in [1.82, 2.24) is 18.8 Å². The van der Waals surface area contributed by atoms with Crippen LogP contribution in [0.1, 0.15) is 62.5 Å². The minimum absolute atomic E-state index is 0.107. The lowest BCUT2D eigenvalue weighted by molar-refractivity contribution is 0.150. The van der Waals surface area contributed by atoms with Gasteiger partial charge in [0.2, 0.25) is 20.0 Å². The molecule has 0 unspecified atom stereocenters. The maximum atomic E-state index is 13.3. The van der Waals surface area contributed by atoms with Crippen LogP contribution in [0.25, 0.3) is 21.5 Å². The normalized spacial score (nSPS) is 18.1. The summed E-state index contributed by atoms with van der Waals surface area (Å²) in [6, 6.07) is 48.5. The largest absolute Gasteiger partial charge is 0.317 e. The molecule has 0 bridgehead atoms. The van der Waals surface area contributed by atoms with Crippen molar-refractivity contribution in [1.29, 1.82) is 0 Å². The van der Waals surface area contributed by atoms with Crippen molar-refractivity contribution in [2.75, 3.05) is 26.2 Å². The second-order valence-corrected chi connectivity index (χ2v) is 21.0. The van der Waals surface area contributed by atoms with Gasteiger partial charge in [-0.3, -0.25) is 4.90 Å². The highest BCUT2D eigenvalue weighted by atomic mass is 79.9. The molecule has 4 fully saturated rings. The SMILES string of the molecule is BrCc1ccc2ccccc2c1.O=S(=O)(c1ccccc1)N(C1CC1)C1CCN(Cc2ccc3ccccc3c2)CC1.O=S(=O)(c1ccccc1)N(C1CCNCC1)C1CC1. The van der Waals surface area contributed by atoms with Crippen LogP contribution in [0, 0.1) is 0 Å². The summed E-state index contributed by atoms with van der Waals surface area (Å²) < 4.78 is 55.9. The lowest BCUT2D eigenvalue weighted by Crippen LogP contribution is -2.48. The van der Waals surface area contributed by atoms with Crippen molar-refractivity contribution in [2.24, 2.45) is 0 Å². The summed E-state index contributed by atoms with van der Waals surface area (Å²) in [4.78, 5) is 3.32. The van der Waals surface area contributed by atoms with Crippen molar-refractivity contribution < 1.29 is 16.8 Å². The molecule has 8 nitrogen and oxygen atoms in total. The van der Waals surface area contributed by atoms with Crippen LogP contribution in [0.15, 0.2) is 155 Å². The Morgan fingerprint density at radius 3 is 1.33 bits per heavy atom. The number of sulfonamides is 2. The van der Waals surface area contributed by atoms with E-state index in [-0.39, 0.29) is 24.2 Å². The number of alkyl halides is 1.